The van der Waals surface area contributed by atoms with Gasteiger partial charge < -0.3 is 14.7 Å². The van der Waals surface area contributed by atoms with E-state index in [1.807, 2.05) is 0 Å². The summed E-state index contributed by atoms with van der Waals surface area (Å²) in [4.78, 5) is 36.2. The van der Waals surface area contributed by atoms with E-state index in [0.717, 1.165) is 11.0 Å². The summed E-state index contributed by atoms with van der Waals surface area (Å²) in [7, 11) is 0. The van der Waals surface area contributed by atoms with Gasteiger partial charge in [0.15, 0.2) is 0 Å². The van der Waals surface area contributed by atoms with E-state index in [2.05, 4.69) is 0 Å². The lowest BCUT2D eigenvalue weighted by Crippen LogP contribution is -2.42. The van der Waals surface area contributed by atoms with Gasteiger partial charge in [-0.1, -0.05) is 6.07 Å². The fraction of sp³-hybridized carbons (Fsp3) is 0.500. The van der Waals surface area contributed by atoms with Crippen LogP contribution in [0.25, 0.3) is 0 Å². The van der Waals surface area contributed by atoms with Crippen molar-refractivity contribution >= 4 is 17.8 Å². The Kier molecular flexibility index (Phi) is 6.63. The van der Waals surface area contributed by atoms with Gasteiger partial charge in [-0.25, -0.2) is 9.18 Å². The summed E-state index contributed by atoms with van der Waals surface area (Å²) in [6.45, 7) is 1.63. The molecule has 10 heteroatoms. The van der Waals surface area contributed by atoms with Gasteiger partial charge in [0.05, 0.1) is 18.2 Å². The molecule has 1 saturated heterocycles. The number of halogens is 4. The third-order valence-corrected chi connectivity index (χ3v) is 4.61. The highest BCUT2D eigenvalue weighted by atomic mass is 19.4. The first-order valence-corrected chi connectivity index (χ1v) is 8.59. The number of carbonyl (C=O) groups is 3. The van der Waals surface area contributed by atoms with Crippen molar-refractivity contribution in [1.29, 1.82) is 0 Å². The Morgan fingerprint density at radius 3 is 2.50 bits per heavy atom. The molecule has 154 valence electrons. The molecule has 2 rings (SSSR count). The lowest BCUT2D eigenvalue weighted by molar-refractivity contribution is -0.147. The molecule has 1 amide bonds. The SMILES string of the molecule is CCOC(=O)CC(=O)C1CCN(C(=O)O)C(c2ccc(C(F)(F)F)c(F)c2)C1. The summed E-state index contributed by atoms with van der Waals surface area (Å²) in [6, 6.07) is 1.19. The van der Waals surface area contributed by atoms with Crippen LogP contribution < -0.4 is 0 Å². The zero-order chi connectivity index (χ0) is 21.1. The molecule has 1 N–H and O–H groups in total. The van der Waals surface area contributed by atoms with Gasteiger partial charge in [-0.3, -0.25) is 9.59 Å². The van der Waals surface area contributed by atoms with Crippen molar-refractivity contribution in [2.45, 2.75) is 38.4 Å². The summed E-state index contributed by atoms with van der Waals surface area (Å²) >= 11 is 0. The second kappa shape index (κ2) is 8.57. The quantitative estimate of drug-likeness (QED) is 0.458. The Bertz CT molecular complexity index is 765. The number of alkyl halides is 3. The van der Waals surface area contributed by atoms with Crippen LogP contribution in [0.3, 0.4) is 0 Å². The number of piperidine rings is 1. The van der Waals surface area contributed by atoms with E-state index in [-0.39, 0.29) is 31.6 Å². The topological polar surface area (TPSA) is 83.9 Å². The minimum atomic E-state index is -4.88. The highest BCUT2D eigenvalue weighted by molar-refractivity contribution is 5.96. The first-order chi connectivity index (χ1) is 13.0. The fourth-order valence-electron chi connectivity index (χ4n) is 3.27. The highest BCUT2D eigenvalue weighted by Gasteiger charge is 2.38. The van der Waals surface area contributed by atoms with Crippen molar-refractivity contribution in [3.05, 3.63) is 35.1 Å². The average Bonchev–Trinajstić information content (AvgIpc) is 2.60. The number of Topliss-reactive ketones (excluding diaryl/α,β-unsaturated/α-hetero) is 1. The van der Waals surface area contributed by atoms with Crippen molar-refractivity contribution in [2.75, 3.05) is 13.2 Å². The Labute approximate surface area is 158 Å². The van der Waals surface area contributed by atoms with E-state index < -0.39 is 53.8 Å². The number of ether oxygens (including phenoxy) is 1. The normalized spacial score (nSPS) is 20.0. The summed E-state index contributed by atoms with van der Waals surface area (Å²) < 4.78 is 56.9. The first kappa shape index (κ1) is 21.6. The van der Waals surface area contributed by atoms with E-state index in [0.29, 0.717) is 12.1 Å². The van der Waals surface area contributed by atoms with Crippen molar-refractivity contribution in [2.24, 2.45) is 5.92 Å². The average molecular weight is 405 g/mol. The molecule has 0 bridgehead atoms. The molecule has 1 aliphatic heterocycles. The number of nitrogens with zero attached hydrogens (tertiary/aromatic N) is 1. The Morgan fingerprint density at radius 2 is 1.96 bits per heavy atom. The van der Waals surface area contributed by atoms with Crippen molar-refractivity contribution in [3.63, 3.8) is 0 Å². The van der Waals surface area contributed by atoms with Crippen LogP contribution in [0.4, 0.5) is 22.4 Å². The number of carbonyl (C=O) groups excluding carboxylic acids is 2. The second-order valence-corrected chi connectivity index (χ2v) is 6.40. The van der Waals surface area contributed by atoms with Gasteiger partial charge in [0.1, 0.15) is 18.0 Å². The number of ketones is 1. The molecule has 1 aromatic rings. The molecule has 1 aromatic carbocycles. The number of esters is 1. The third kappa shape index (κ3) is 4.99. The van der Waals surface area contributed by atoms with Crippen LogP contribution >= 0.6 is 0 Å². The van der Waals surface area contributed by atoms with Crippen LogP contribution in [-0.4, -0.2) is 41.0 Å². The number of rotatable bonds is 5. The molecular weight excluding hydrogens is 386 g/mol. The minimum Gasteiger partial charge on any atom is -0.466 e. The number of carboxylic acid groups (broad SMARTS) is 1. The van der Waals surface area contributed by atoms with Crippen LogP contribution in [0.1, 0.15) is 43.4 Å². The molecule has 1 heterocycles. The van der Waals surface area contributed by atoms with E-state index >= 15 is 0 Å². The maximum Gasteiger partial charge on any atom is 0.419 e. The second-order valence-electron chi connectivity index (χ2n) is 6.40. The molecule has 0 spiro atoms. The maximum atomic E-state index is 13.9. The summed E-state index contributed by atoms with van der Waals surface area (Å²) in [5.74, 6) is -3.35. The number of amides is 1. The van der Waals surface area contributed by atoms with Crippen molar-refractivity contribution in [1.82, 2.24) is 4.90 Å². The van der Waals surface area contributed by atoms with Gasteiger partial charge in [0.25, 0.3) is 0 Å². The monoisotopic (exact) mass is 405 g/mol. The van der Waals surface area contributed by atoms with Gasteiger partial charge in [-0.15, -0.1) is 0 Å². The molecular formula is C18H19F4NO5. The number of likely N-dealkylation sites (tertiary alicyclic amines) is 1. The molecule has 0 radical (unpaired) electrons. The number of hydrogen-bond donors (Lipinski definition) is 1. The van der Waals surface area contributed by atoms with Gasteiger partial charge in [0, 0.05) is 12.5 Å². The van der Waals surface area contributed by atoms with Gasteiger partial charge in [-0.05, 0) is 37.5 Å². The lowest BCUT2D eigenvalue weighted by atomic mass is 9.83. The largest absolute Gasteiger partial charge is 0.466 e. The standard InChI is InChI=1S/C18H19F4NO5/c1-2-28-16(25)9-15(24)11-5-6-23(17(26)27)14(8-11)10-3-4-12(13(19)7-10)18(20,21)22/h3-4,7,11,14H,2,5-6,8-9H2,1H3,(H,26,27). The van der Waals surface area contributed by atoms with E-state index in [1.165, 1.54) is 0 Å². The fourth-order valence-corrected chi connectivity index (χ4v) is 3.27. The molecule has 2 atom stereocenters. The lowest BCUT2D eigenvalue weighted by Gasteiger charge is -2.37. The molecule has 0 aliphatic carbocycles. The minimum absolute atomic E-state index is 0.0153. The molecule has 2 unspecified atom stereocenters. The Balaban J connectivity index is 2.25. The van der Waals surface area contributed by atoms with Crippen molar-refractivity contribution in [3.8, 4) is 0 Å². The van der Waals surface area contributed by atoms with Gasteiger partial charge in [-0.2, -0.15) is 13.2 Å². The maximum absolute atomic E-state index is 13.9. The molecule has 6 nitrogen and oxygen atoms in total. The zero-order valence-electron chi connectivity index (χ0n) is 15.0. The van der Waals surface area contributed by atoms with Crippen LogP contribution in [-0.2, 0) is 20.5 Å². The predicted octanol–water partition coefficient (Wildman–Crippen LogP) is 3.80. The van der Waals surface area contributed by atoms with Gasteiger partial charge >= 0.3 is 18.2 Å². The molecule has 1 aliphatic rings. The van der Waals surface area contributed by atoms with Crippen LogP contribution in [0.15, 0.2) is 18.2 Å². The van der Waals surface area contributed by atoms with Crippen LogP contribution in [0, 0.1) is 11.7 Å². The molecule has 0 saturated carbocycles. The number of hydrogen-bond acceptors (Lipinski definition) is 4. The smallest absolute Gasteiger partial charge is 0.419 e. The first-order valence-electron chi connectivity index (χ1n) is 8.59. The van der Waals surface area contributed by atoms with Crippen LogP contribution in [0.2, 0.25) is 0 Å². The Hall–Kier alpha value is -2.65. The van der Waals surface area contributed by atoms with E-state index in [1.54, 1.807) is 6.92 Å². The molecule has 1 fully saturated rings. The summed E-state index contributed by atoms with van der Waals surface area (Å²) in [6.07, 6.45) is -6.58. The van der Waals surface area contributed by atoms with Gasteiger partial charge in [0.2, 0.25) is 0 Å². The summed E-state index contributed by atoms with van der Waals surface area (Å²) in [5, 5.41) is 9.36. The highest BCUT2D eigenvalue weighted by Crippen LogP contribution is 2.38. The molecule has 28 heavy (non-hydrogen) atoms. The van der Waals surface area contributed by atoms with E-state index in [9.17, 15) is 37.1 Å². The Morgan fingerprint density at radius 1 is 1.29 bits per heavy atom. The third-order valence-electron chi connectivity index (χ3n) is 4.61. The van der Waals surface area contributed by atoms with E-state index in [4.69, 9.17) is 4.74 Å². The summed E-state index contributed by atoms with van der Waals surface area (Å²) in [5.41, 5.74) is -1.44. The van der Waals surface area contributed by atoms with Crippen LogP contribution in [0.5, 0.6) is 0 Å². The predicted molar refractivity (Wildman–Crippen MR) is 87.9 cm³/mol. The number of benzene rings is 1. The molecule has 0 aromatic heterocycles. The zero-order valence-corrected chi connectivity index (χ0v) is 15.0. The van der Waals surface area contributed by atoms with Crippen molar-refractivity contribution < 1.29 is 41.8 Å².